The van der Waals surface area contributed by atoms with Crippen LogP contribution in [0.5, 0.6) is 17.2 Å². The fraction of sp³-hybridized carbons (Fsp3) is 0.361. The van der Waals surface area contributed by atoms with E-state index in [0.29, 0.717) is 22.9 Å². The topological polar surface area (TPSA) is 106 Å². The Hall–Kier alpha value is -4.63. The highest BCUT2D eigenvalue weighted by molar-refractivity contribution is 6.02. The van der Waals surface area contributed by atoms with Gasteiger partial charge in [0.25, 0.3) is 0 Å². The lowest BCUT2D eigenvalue weighted by atomic mass is 9.74. The molecular formula is C36H37N3O6. The molecule has 45 heavy (non-hydrogen) atoms. The number of anilines is 1. The molecule has 9 nitrogen and oxygen atoms in total. The lowest BCUT2D eigenvalue weighted by Crippen LogP contribution is -2.56. The van der Waals surface area contributed by atoms with E-state index >= 15 is 0 Å². The number of hydrogen-bond acceptors (Lipinski definition) is 6. The van der Waals surface area contributed by atoms with Gasteiger partial charge in [0.05, 0.1) is 25.0 Å². The zero-order valence-corrected chi connectivity index (χ0v) is 25.2. The molecule has 1 saturated carbocycles. The van der Waals surface area contributed by atoms with Crippen LogP contribution in [0.25, 0.3) is 0 Å². The normalized spacial score (nSPS) is 26.9. The highest BCUT2D eigenvalue weighted by atomic mass is 16.5. The Morgan fingerprint density at radius 3 is 2.40 bits per heavy atom. The number of likely N-dealkylation sites (tertiary alicyclic amines) is 1. The van der Waals surface area contributed by atoms with Gasteiger partial charge >= 0.3 is 0 Å². The summed E-state index contributed by atoms with van der Waals surface area (Å²) in [6.07, 6.45) is 8.19. The number of rotatable bonds is 9. The van der Waals surface area contributed by atoms with Gasteiger partial charge in [0, 0.05) is 18.3 Å². The molecule has 1 spiro atoms. The number of nitrogens with zero attached hydrogens (tertiary/aromatic N) is 1. The van der Waals surface area contributed by atoms with Gasteiger partial charge in [-0.1, -0.05) is 61.7 Å². The van der Waals surface area contributed by atoms with Gasteiger partial charge in [0.2, 0.25) is 17.7 Å². The van der Waals surface area contributed by atoms with E-state index in [2.05, 4.69) is 10.6 Å². The van der Waals surface area contributed by atoms with E-state index < -0.39 is 29.6 Å². The number of nitrogens with one attached hydrogen (secondary N) is 2. The van der Waals surface area contributed by atoms with E-state index in [1.165, 1.54) is 0 Å². The molecule has 2 N–H and O–H groups in total. The molecule has 2 bridgehead atoms. The smallest absolute Gasteiger partial charge is 0.246 e. The third-order valence-corrected chi connectivity index (χ3v) is 9.46. The molecule has 0 aromatic heterocycles. The Kier molecular flexibility index (Phi) is 7.79. The van der Waals surface area contributed by atoms with Crippen molar-refractivity contribution in [2.24, 2.45) is 11.8 Å². The fourth-order valence-corrected chi connectivity index (χ4v) is 7.39. The minimum Gasteiger partial charge on any atom is -0.497 e. The van der Waals surface area contributed by atoms with Gasteiger partial charge in [-0.25, -0.2) is 0 Å². The zero-order valence-electron chi connectivity index (χ0n) is 25.2. The first-order chi connectivity index (χ1) is 21.9. The van der Waals surface area contributed by atoms with Gasteiger partial charge in [-0.3, -0.25) is 14.4 Å². The van der Waals surface area contributed by atoms with E-state index in [-0.39, 0.29) is 30.3 Å². The predicted octanol–water partition coefficient (Wildman–Crippen LogP) is 5.23. The monoisotopic (exact) mass is 607 g/mol. The van der Waals surface area contributed by atoms with E-state index in [4.69, 9.17) is 14.2 Å². The standard InChI is InChI=1S/C36H37N3O6/c1-43-28-14-8-9-23(21-28)22-39-32(34(41)38-24-10-4-2-5-11-24)36-20-19-29(45-36)30(31(36)35(39)42)33(40)37-25-15-17-27(18-16-25)44-26-12-6-3-7-13-26/h3,6-9,12-21,24,29-32H,2,4-5,10-11,22H2,1H3,(H,37,40)(H,38,41)/t29-,30-,31-,32+,36+/m1/s1. The number of hydrogen-bond donors (Lipinski definition) is 2. The first-order valence-electron chi connectivity index (χ1n) is 15.7. The molecule has 3 heterocycles. The predicted molar refractivity (Wildman–Crippen MR) is 168 cm³/mol. The number of ether oxygens (including phenoxy) is 3. The SMILES string of the molecule is COc1cccc(CN2C(=O)[C@H]3[C@H](C(=O)Nc4ccc(Oc5ccccc5)cc4)[C@H]4C=C[C@@]3(O4)[C@@H]2C(=O)NC2CCCCC2)c1. The van der Waals surface area contributed by atoms with Gasteiger partial charge in [-0.05, 0) is 66.9 Å². The molecule has 3 fully saturated rings. The van der Waals surface area contributed by atoms with Crippen molar-refractivity contribution in [3.05, 3.63) is 96.6 Å². The molecule has 3 aliphatic heterocycles. The van der Waals surface area contributed by atoms with Crippen molar-refractivity contribution >= 4 is 23.4 Å². The molecule has 3 aromatic carbocycles. The summed E-state index contributed by atoms with van der Waals surface area (Å²) in [5.74, 6) is -0.433. The summed E-state index contributed by atoms with van der Waals surface area (Å²) in [6.45, 7) is 0.191. The van der Waals surface area contributed by atoms with Gasteiger partial charge in [-0.15, -0.1) is 0 Å². The summed E-state index contributed by atoms with van der Waals surface area (Å²) in [7, 11) is 1.59. The highest BCUT2D eigenvalue weighted by Crippen LogP contribution is 2.55. The van der Waals surface area contributed by atoms with Crippen LogP contribution in [0, 0.1) is 11.8 Å². The van der Waals surface area contributed by atoms with Crippen LogP contribution >= 0.6 is 0 Å². The average Bonchev–Trinajstić information content (AvgIpc) is 3.70. The minimum absolute atomic E-state index is 0.0611. The lowest BCUT2D eigenvalue weighted by Gasteiger charge is -2.34. The van der Waals surface area contributed by atoms with Gasteiger partial charge in [0.15, 0.2) is 0 Å². The van der Waals surface area contributed by atoms with Crippen molar-refractivity contribution in [2.75, 3.05) is 12.4 Å². The number of para-hydroxylation sites is 1. The third-order valence-electron chi connectivity index (χ3n) is 9.46. The van der Waals surface area contributed by atoms with E-state index in [0.717, 1.165) is 37.7 Å². The van der Waals surface area contributed by atoms with Crippen molar-refractivity contribution in [1.82, 2.24) is 10.2 Å². The van der Waals surface area contributed by atoms with Crippen molar-refractivity contribution in [3.8, 4) is 17.2 Å². The first-order valence-corrected chi connectivity index (χ1v) is 15.7. The van der Waals surface area contributed by atoms with Crippen LogP contribution in [-0.2, 0) is 25.7 Å². The quantitative estimate of drug-likeness (QED) is 0.323. The second-order valence-corrected chi connectivity index (χ2v) is 12.3. The Morgan fingerprint density at radius 2 is 1.64 bits per heavy atom. The molecular weight excluding hydrogens is 570 g/mol. The van der Waals surface area contributed by atoms with E-state index in [1.807, 2.05) is 66.7 Å². The Balaban J connectivity index is 1.14. The highest BCUT2D eigenvalue weighted by Gasteiger charge is 2.72. The number of amides is 3. The summed E-state index contributed by atoms with van der Waals surface area (Å²) < 4.78 is 17.8. The average molecular weight is 608 g/mol. The molecule has 3 aromatic rings. The molecule has 2 saturated heterocycles. The molecule has 232 valence electrons. The maximum atomic E-state index is 14.3. The first kappa shape index (κ1) is 29.1. The molecule has 0 unspecified atom stereocenters. The molecule has 0 radical (unpaired) electrons. The van der Waals surface area contributed by atoms with Gasteiger partial charge < -0.3 is 29.7 Å². The van der Waals surface area contributed by atoms with Crippen LogP contribution in [-0.4, -0.2) is 53.5 Å². The number of carbonyl (C=O) groups excluding carboxylic acids is 3. The van der Waals surface area contributed by atoms with Crippen LogP contribution in [0.4, 0.5) is 5.69 Å². The maximum Gasteiger partial charge on any atom is 0.246 e. The molecule has 1 aliphatic carbocycles. The van der Waals surface area contributed by atoms with Crippen LogP contribution in [0.15, 0.2) is 91.0 Å². The summed E-state index contributed by atoms with van der Waals surface area (Å²) in [5.41, 5.74) is 0.174. The number of carbonyl (C=O) groups is 3. The fourth-order valence-electron chi connectivity index (χ4n) is 7.39. The number of methoxy groups -OCH3 is 1. The van der Waals surface area contributed by atoms with Gasteiger partial charge in [-0.2, -0.15) is 0 Å². The van der Waals surface area contributed by atoms with Gasteiger partial charge in [0.1, 0.15) is 28.9 Å². The number of benzene rings is 3. The van der Waals surface area contributed by atoms with Crippen LogP contribution in [0.1, 0.15) is 37.7 Å². The maximum absolute atomic E-state index is 14.3. The van der Waals surface area contributed by atoms with Crippen LogP contribution in [0.2, 0.25) is 0 Å². The van der Waals surface area contributed by atoms with Crippen molar-refractivity contribution in [2.45, 2.75) is 62.4 Å². The summed E-state index contributed by atoms with van der Waals surface area (Å²) in [4.78, 5) is 43.9. The van der Waals surface area contributed by atoms with E-state index in [9.17, 15) is 14.4 Å². The minimum atomic E-state index is -1.23. The second-order valence-electron chi connectivity index (χ2n) is 12.3. The van der Waals surface area contributed by atoms with Crippen LogP contribution in [0.3, 0.4) is 0 Å². The molecule has 5 atom stereocenters. The summed E-state index contributed by atoms with van der Waals surface area (Å²) in [5, 5.41) is 6.22. The largest absolute Gasteiger partial charge is 0.497 e. The molecule has 4 aliphatic rings. The third kappa shape index (κ3) is 5.46. The second kappa shape index (κ2) is 12.0. The summed E-state index contributed by atoms with van der Waals surface area (Å²) in [6, 6.07) is 23.2. The lowest BCUT2D eigenvalue weighted by molar-refractivity contribution is -0.142. The zero-order chi connectivity index (χ0) is 31.0. The molecule has 9 heteroatoms. The van der Waals surface area contributed by atoms with Crippen molar-refractivity contribution in [1.29, 1.82) is 0 Å². The Bertz CT molecular complexity index is 1600. The summed E-state index contributed by atoms with van der Waals surface area (Å²) >= 11 is 0. The molecule has 7 rings (SSSR count). The van der Waals surface area contributed by atoms with E-state index in [1.54, 1.807) is 36.3 Å². The van der Waals surface area contributed by atoms with Crippen LogP contribution < -0.4 is 20.1 Å². The molecule has 3 amide bonds. The number of fused-ring (bicyclic) bond motifs is 1. The van der Waals surface area contributed by atoms with Crippen molar-refractivity contribution < 1.29 is 28.6 Å². The Morgan fingerprint density at radius 1 is 0.911 bits per heavy atom. The van der Waals surface area contributed by atoms with Crippen molar-refractivity contribution in [3.63, 3.8) is 0 Å². The Labute approximate surface area is 262 Å².